The Morgan fingerprint density at radius 3 is 2.39 bits per heavy atom. The molecule has 13 heteroatoms. The number of nitrogens with zero attached hydrogens (tertiary/aromatic N) is 3. The monoisotopic (exact) mass is 573 g/mol. The number of pyridine rings is 2. The third-order valence-corrected chi connectivity index (χ3v) is 6.39. The van der Waals surface area contributed by atoms with Gasteiger partial charge in [0, 0.05) is 17.3 Å². The molecular formula is C28H27F4N5O4. The largest absolute Gasteiger partial charge is 0.491 e. The third-order valence-electron chi connectivity index (χ3n) is 6.39. The average Bonchev–Trinajstić information content (AvgIpc) is 3.22. The molecule has 3 heterocycles. The molecule has 0 fully saturated rings. The molecule has 2 amide bonds. The van der Waals surface area contributed by atoms with Crippen LogP contribution in [-0.2, 0) is 16.8 Å². The summed E-state index contributed by atoms with van der Waals surface area (Å²) < 4.78 is 64.3. The van der Waals surface area contributed by atoms with Crippen molar-refractivity contribution in [2.45, 2.75) is 39.0 Å². The number of imidazole rings is 1. The van der Waals surface area contributed by atoms with Gasteiger partial charge in [0.25, 0.3) is 5.91 Å². The molecule has 3 aromatic heterocycles. The summed E-state index contributed by atoms with van der Waals surface area (Å²) in [6.07, 6.45) is -4.31. The zero-order valence-electron chi connectivity index (χ0n) is 22.3. The lowest BCUT2D eigenvalue weighted by atomic mass is 9.93. The van der Waals surface area contributed by atoms with E-state index in [9.17, 15) is 32.3 Å². The number of halogens is 4. The molecule has 9 nitrogen and oxygen atoms in total. The van der Waals surface area contributed by atoms with Crippen LogP contribution in [0.2, 0.25) is 0 Å². The lowest BCUT2D eigenvalue weighted by molar-refractivity contribution is -0.265. The molecule has 0 bridgehead atoms. The minimum atomic E-state index is -5.34. The maximum atomic E-state index is 14.6. The van der Waals surface area contributed by atoms with E-state index in [1.807, 2.05) is 6.92 Å². The molecule has 4 aromatic rings. The smallest absolute Gasteiger partial charge is 0.424 e. The second kappa shape index (κ2) is 11.2. The van der Waals surface area contributed by atoms with Crippen LogP contribution in [0.4, 0.5) is 17.6 Å². The van der Waals surface area contributed by atoms with E-state index in [1.54, 1.807) is 25.3 Å². The van der Waals surface area contributed by atoms with Gasteiger partial charge in [0.15, 0.2) is 0 Å². The summed E-state index contributed by atoms with van der Waals surface area (Å²) in [7, 11) is 0. The molecule has 0 unspecified atom stereocenters. The number of carbonyl (C=O) groups is 2. The highest BCUT2D eigenvalue weighted by molar-refractivity contribution is 5.94. The molecule has 0 aliphatic rings. The number of hydrogen-bond acceptors (Lipinski definition) is 6. The van der Waals surface area contributed by atoms with Crippen molar-refractivity contribution in [3.63, 3.8) is 0 Å². The Kier molecular flexibility index (Phi) is 8.02. The number of benzene rings is 1. The van der Waals surface area contributed by atoms with E-state index >= 15 is 0 Å². The van der Waals surface area contributed by atoms with Crippen LogP contribution in [0.15, 0.2) is 48.7 Å². The fourth-order valence-electron chi connectivity index (χ4n) is 4.39. The number of ether oxygens (including phenoxy) is 1. The molecule has 4 N–H and O–H groups in total. The van der Waals surface area contributed by atoms with E-state index in [1.165, 1.54) is 23.5 Å². The molecule has 0 aliphatic carbocycles. The average molecular weight is 574 g/mol. The fraction of sp³-hybridized carbons (Fsp3) is 0.286. The number of carbonyl (C=O) groups excluding carboxylic acids is 2. The third kappa shape index (κ3) is 5.85. The van der Waals surface area contributed by atoms with Crippen LogP contribution in [0.25, 0.3) is 16.9 Å². The van der Waals surface area contributed by atoms with Crippen molar-refractivity contribution in [2.24, 2.45) is 5.73 Å². The second-order valence-electron chi connectivity index (χ2n) is 9.45. The molecule has 4 rings (SSSR count). The van der Waals surface area contributed by atoms with Crippen molar-refractivity contribution in [2.75, 3.05) is 13.2 Å². The number of nitrogens with one attached hydrogen (secondary N) is 1. The summed E-state index contributed by atoms with van der Waals surface area (Å²) in [5.41, 5.74) is 2.17. The van der Waals surface area contributed by atoms with E-state index in [-0.39, 0.29) is 40.6 Å². The summed E-state index contributed by atoms with van der Waals surface area (Å²) in [6.45, 7) is 3.70. The van der Waals surface area contributed by atoms with Crippen molar-refractivity contribution in [1.29, 1.82) is 0 Å². The van der Waals surface area contributed by atoms with Gasteiger partial charge in [-0.25, -0.2) is 14.4 Å². The lowest BCUT2D eigenvalue weighted by Crippen LogP contribution is -2.51. The van der Waals surface area contributed by atoms with Gasteiger partial charge in [-0.2, -0.15) is 13.2 Å². The maximum absolute atomic E-state index is 14.6. The molecule has 1 atom stereocenters. The first-order valence-electron chi connectivity index (χ1n) is 12.5. The molecule has 0 spiro atoms. The van der Waals surface area contributed by atoms with E-state index in [2.05, 4.69) is 15.3 Å². The van der Waals surface area contributed by atoms with E-state index in [4.69, 9.17) is 10.5 Å². The Morgan fingerprint density at radius 2 is 1.78 bits per heavy atom. The van der Waals surface area contributed by atoms with Crippen molar-refractivity contribution in [1.82, 2.24) is 19.7 Å². The van der Waals surface area contributed by atoms with Gasteiger partial charge in [-0.3, -0.25) is 14.0 Å². The minimum Gasteiger partial charge on any atom is -0.491 e. The number of nitrogens with two attached hydrogens (primary N) is 1. The van der Waals surface area contributed by atoms with Crippen LogP contribution in [0, 0.1) is 19.7 Å². The van der Waals surface area contributed by atoms with Gasteiger partial charge in [-0.05, 0) is 68.8 Å². The quantitative estimate of drug-likeness (QED) is 0.261. The molecular weight excluding hydrogens is 546 g/mol. The summed E-state index contributed by atoms with van der Waals surface area (Å²) in [4.78, 5) is 33.3. The van der Waals surface area contributed by atoms with Crippen LogP contribution in [0.3, 0.4) is 0 Å². The summed E-state index contributed by atoms with van der Waals surface area (Å²) in [6, 6.07) is 8.95. The fourth-order valence-corrected chi connectivity index (χ4v) is 4.39. The highest BCUT2D eigenvalue weighted by Crippen LogP contribution is 2.42. The van der Waals surface area contributed by atoms with Crippen LogP contribution in [0.1, 0.15) is 39.9 Å². The number of fused-ring (bicyclic) bond motifs is 1. The zero-order chi connectivity index (χ0) is 30.1. The SMILES string of the molecule is CCOc1c(CC(N)=O)cc([C@@](O)(CNC(=O)c2c(C)nc3cc(C)ccn23)C(F)(F)F)nc1-c1ccc(F)cc1. The molecule has 0 radical (unpaired) electrons. The van der Waals surface area contributed by atoms with Crippen LogP contribution < -0.4 is 15.8 Å². The van der Waals surface area contributed by atoms with Gasteiger partial charge in [-0.1, -0.05) is 0 Å². The summed E-state index contributed by atoms with van der Waals surface area (Å²) in [5.74, 6) is -2.45. The molecule has 0 saturated carbocycles. The Hall–Kier alpha value is -4.52. The molecule has 216 valence electrons. The number of amides is 2. The van der Waals surface area contributed by atoms with Gasteiger partial charge in [-0.15, -0.1) is 0 Å². The summed E-state index contributed by atoms with van der Waals surface area (Å²) in [5, 5.41) is 13.3. The van der Waals surface area contributed by atoms with Gasteiger partial charge in [0.05, 0.1) is 31.0 Å². The van der Waals surface area contributed by atoms with Gasteiger partial charge >= 0.3 is 6.18 Å². The van der Waals surface area contributed by atoms with E-state index < -0.39 is 48.1 Å². The number of primary amides is 1. The van der Waals surface area contributed by atoms with Crippen LogP contribution in [-0.4, -0.2) is 50.6 Å². The number of aryl methyl sites for hydroxylation is 2. The van der Waals surface area contributed by atoms with Gasteiger partial charge < -0.3 is 20.9 Å². The molecule has 41 heavy (non-hydrogen) atoms. The van der Waals surface area contributed by atoms with E-state index in [0.29, 0.717) is 5.65 Å². The summed E-state index contributed by atoms with van der Waals surface area (Å²) >= 11 is 0. The Bertz CT molecular complexity index is 1620. The van der Waals surface area contributed by atoms with Crippen LogP contribution >= 0.6 is 0 Å². The first-order valence-corrected chi connectivity index (χ1v) is 12.5. The Balaban J connectivity index is 1.82. The van der Waals surface area contributed by atoms with Crippen molar-refractivity contribution in [3.8, 4) is 17.0 Å². The Labute approximate surface area is 232 Å². The Morgan fingerprint density at radius 1 is 1.10 bits per heavy atom. The normalized spacial score (nSPS) is 13.2. The standard InChI is InChI=1S/C28H27F4N5O4/c1-4-41-25-18(13-21(33)38)12-20(36-23(25)17-5-7-19(29)8-6-17)27(40,28(30,31)32)14-34-26(39)24-16(3)35-22-11-15(2)9-10-37(22)24/h5-12,40H,4,13-14H2,1-3H3,(H2,33,38)(H,34,39)/t27-/m0/s1. The lowest BCUT2D eigenvalue weighted by Gasteiger charge is -2.31. The van der Waals surface area contributed by atoms with Gasteiger partial charge in [0.2, 0.25) is 11.5 Å². The number of alkyl halides is 3. The first-order chi connectivity index (χ1) is 19.2. The van der Waals surface area contributed by atoms with E-state index in [0.717, 1.165) is 23.8 Å². The van der Waals surface area contributed by atoms with Crippen LogP contribution in [0.5, 0.6) is 5.75 Å². The molecule has 0 aliphatic heterocycles. The van der Waals surface area contributed by atoms with Gasteiger partial charge in [0.1, 0.15) is 28.6 Å². The second-order valence-corrected chi connectivity index (χ2v) is 9.45. The first kappa shape index (κ1) is 29.5. The molecule has 1 aromatic carbocycles. The maximum Gasteiger partial charge on any atom is 0.424 e. The molecule has 0 saturated heterocycles. The van der Waals surface area contributed by atoms with Crippen molar-refractivity contribution < 1.29 is 37.0 Å². The predicted molar refractivity (Wildman–Crippen MR) is 141 cm³/mol. The topological polar surface area (TPSA) is 132 Å². The number of aromatic nitrogens is 3. The number of hydrogen-bond donors (Lipinski definition) is 3. The highest BCUT2D eigenvalue weighted by Gasteiger charge is 2.57. The minimum absolute atomic E-state index is 0.00871. The number of rotatable bonds is 9. The number of aliphatic hydroxyl groups is 1. The van der Waals surface area contributed by atoms with Crippen molar-refractivity contribution >= 4 is 17.5 Å². The highest BCUT2D eigenvalue weighted by atomic mass is 19.4. The predicted octanol–water partition coefficient (Wildman–Crippen LogP) is 3.76. The van der Waals surface area contributed by atoms with Crippen molar-refractivity contribution in [3.05, 3.63) is 82.7 Å². The zero-order valence-corrected chi connectivity index (χ0v) is 22.3.